The Bertz CT molecular complexity index is 1390. The summed E-state index contributed by atoms with van der Waals surface area (Å²) in [5, 5.41) is 1.26. The lowest BCUT2D eigenvalue weighted by molar-refractivity contribution is 0.607. The molecule has 0 aliphatic carbocycles. The molecule has 2 aromatic carbocycles. The highest BCUT2D eigenvalue weighted by Crippen LogP contribution is 2.39. The summed E-state index contributed by atoms with van der Waals surface area (Å²) in [7, 11) is -3.34. The van der Waals surface area contributed by atoms with E-state index in [2.05, 4.69) is 14.7 Å². The van der Waals surface area contributed by atoms with Crippen molar-refractivity contribution in [3.8, 4) is 11.1 Å². The van der Waals surface area contributed by atoms with Gasteiger partial charge in [0.25, 0.3) is 0 Å². The number of fused-ring (bicyclic) bond motifs is 1. The smallest absolute Gasteiger partial charge is 0.229 e. The number of aromatic amines is 1. The first-order valence-corrected chi connectivity index (χ1v) is 12.0. The van der Waals surface area contributed by atoms with Crippen molar-refractivity contribution in [2.75, 3.05) is 11.0 Å². The summed E-state index contributed by atoms with van der Waals surface area (Å²) >= 11 is 12.5. The quantitative estimate of drug-likeness (QED) is 0.336. The second-order valence-electron chi connectivity index (χ2n) is 7.29. The maximum absolute atomic E-state index is 14.0. The van der Waals surface area contributed by atoms with Crippen LogP contribution in [-0.4, -0.2) is 24.6 Å². The van der Waals surface area contributed by atoms with Crippen LogP contribution in [0.5, 0.6) is 0 Å². The number of pyridine rings is 1. The maximum Gasteiger partial charge on any atom is 0.229 e. The van der Waals surface area contributed by atoms with Crippen LogP contribution in [0.4, 0.5) is 10.1 Å². The van der Waals surface area contributed by atoms with Gasteiger partial charge in [0.1, 0.15) is 11.5 Å². The van der Waals surface area contributed by atoms with Gasteiger partial charge in [-0.05, 0) is 47.0 Å². The molecule has 160 valence electrons. The zero-order valence-electron chi connectivity index (χ0n) is 16.6. The van der Waals surface area contributed by atoms with Crippen LogP contribution in [0.15, 0.2) is 54.9 Å². The molecule has 2 heterocycles. The molecule has 1 unspecified atom stereocenters. The monoisotopic (exact) mass is 477 g/mol. The van der Waals surface area contributed by atoms with Crippen LogP contribution in [-0.2, 0) is 10.0 Å². The molecule has 0 saturated heterocycles. The van der Waals surface area contributed by atoms with Gasteiger partial charge in [0.05, 0.1) is 11.3 Å². The second-order valence-corrected chi connectivity index (χ2v) is 9.83. The second kappa shape index (κ2) is 8.15. The van der Waals surface area contributed by atoms with Gasteiger partial charge in [-0.1, -0.05) is 42.3 Å². The van der Waals surface area contributed by atoms with Gasteiger partial charge in [0.2, 0.25) is 10.0 Å². The van der Waals surface area contributed by atoms with Crippen LogP contribution >= 0.6 is 23.2 Å². The fourth-order valence-corrected chi connectivity index (χ4v) is 4.84. The number of anilines is 1. The lowest BCUT2D eigenvalue weighted by atomic mass is 9.92. The van der Waals surface area contributed by atoms with Gasteiger partial charge in [-0.3, -0.25) is 4.72 Å². The first-order valence-electron chi connectivity index (χ1n) is 9.32. The number of H-pyrrole nitrogens is 1. The standard InChI is InChI=1S/C22H18Cl2FN3O2S/c1-12(20-18(23)7-8-19(25)21(20)24)17-11-27-22-16(17)9-14(10-26-22)13-3-5-15(6-4-13)28-31(2,29)30/h3-12,28H,1-2H3,(H,26,27). The highest BCUT2D eigenvalue weighted by atomic mass is 35.5. The van der Waals surface area contributed by atoms with E-state index in [9.17, 15) is 12.8 Å². The highest BCUT2D eigenvalue weighted by Gasteiger charge is 2.21. The Morgan fingerprint density at radius 2 is 1.81 bits per heavy atom. The number of hydrogen-bond acceptors (Lipinski definition) is 3. The molecule has 0 fully saturated rings. The molecular formula is C22H18Cl2FN3O2S. The Hall–Kier alpha value is -2.61. The molecule has 0 bridgehead atoms. The van der Waals surface area contributed by atoms with E-state index in [1.165, 1.54) is 12.1 Å². The molecule has 2 aromatic heterocycles. The largest absolute Gasteiger partial charge is 0.346 e. The molecule has 0 spiro atoms. The Kier molecular flexibility index (Phi) is 5.68. The van der Waals surface area contributed by atoms with E-state index in [1.807, 2.05) is 31.3 Å². The molecule has 31 heavy (non-hydrogen) atoms. The van der Waals surface area contributed by atoms with Gasteiger partial charge in [0, 0.05) is 40.0 Å². The van der Waals surface area contributed by atoms with Crippen molar-refractivity contribution >= 4 is 49.9 Å². The molecule has 0 saturated carbocycles. The lowest BCUT2D eigenvalue weighted by Crippen LogP contribution is -2.09. The first-order chi connectivity index (χ1) is 14.6. The summed E-state index contributed by atoms with van der Waals surface area (Å²) in [6.45, 7) is 1.91. The van der Waals surface area contributed by atoms with Gasteiger partial charge in [-0.15, -0.1) is 0 Å². The Morgan fingerprint density at radius 3 is 2.48 bits per heavy atom. The summed E-state index contributed by atoms with van der Waals surface area (Å²) in [5.74, 6) is -0.794. The van der Waals surface area contributed by atoms with Crippen molar-refractivity contribution in [3.63, 3.8) is 0 Å². The van der Waals surface area contributed by atoms with Gasteiger partial charge >= 0.3 is 0 Å². The number of nitrogens with zero attached hydrogens (tertiary/aromatic N) is 1. The molecule has 0 aliphatic rings. The van der Waals surface area contributed by atoms with Crippen LogP contribution in [0.3, 0.4) is 0 Å². The Morgan fingerprint density at radius 1 is 1.10 bits per heavy atom. The predicted molar refractivity (Wildman–Crippen MR) is 124 cm³/mol. The van der Waals surface area contributed by atoms with E-state index in [1.54, 1.807) is 18.3 Å². The van der Waals surface area contributed by atoms with Crippen molar-refractivity contribution in [2.45, 2.75) is 12.8 Å². The van der Waals surface area contributed by atoms with Crippen LogP contribution < -0.4 is 4.72 Å². The fraction of sp³-hybridized carbons (Fsp3) is 0.136. The zero-order valence-corrected chi connectivity index (χ0v) is 18.9. The highest BCUT2D eigenvalue weighted by molar-refractivity contribution is 7.92. The summed E-state index contributed by atoms with van der Waals surface area (Å²) in [6.07, 6.45) is 4.65. The third kappa shape index (κ3) is 4.39. The molecule has 0 amide bonds. The summed E-state index contributed by atoms with van der Waals surface area (Å²) < 4.78 is 39.3. The number of sulfonamides is 1. The van der Waals surface area contributed by atoms with E-state index < -0.39 is 15.8 Å². The maximum atomic E-state index is 14.0. The lowest BCUT2D eigenvalue weighted by Gasteiger charge is -2.16. The molecule has 1 atom stereocenters. The third-order valence-corrected chi connectivity index (χ3v) is 6.38. The van der Waals surface area contributed by atoms with Gasteiger partial charge in [0.15, 0.2) is 0 Å². The average Bonchev–Trinajstić information content (AvgIpc) is 3.13. The molecule has 0 radical (unpaired) electrons. The van der Waals surface area contributed by atoms with E-state index >= 15 is 0 Å². The van der Waals surface area contributed by atoms with Crippen molar-refractivity contribution in [2.24, 2.45) is 0 Å². The average molecular weight is 478 g/mol. The topological polar surface area (TPSA) is 74.8 Å². The molecule has 5 nitrogen and oxygen atoms in total. The number of hydrogen-bond donors (Lipinski definition) is 2. The molecule has 4 aromatic rings. The normalized spacial score (nSPS) is 12.8. The van der Waals surface area contributed by atoms with E-state index in [0.29, 0.717) is 21.9 Å². The van der Waals surface area contributed by atoms with Gasteiger partial charge in [-0.25, -0.2) is 17.8 Å². The molecule has 4 rings (SSSR count). The van der Waals surface area contributed by atoms with Crippen molar-refractivity contribution in [1.29, 1.82) is 0 Å². The van der Waals surface area contributed by atoms with E-state index in [-0.39, 0.29) is 10.9 Å². The molecule has 9 heteroatoms. The molecular weight excluding hydrogens is 460 g/mol. The summed E-state index contributed by atoms with van der Waals surface area (Å²) in [6, 6.07) is 11.7. The zero-order chi connectivity index (χ0) is 22.3. The Balaban J connectivity index is 1.74. The fourth-order valence-electron chi connectivity index (χ4n) is 3.58. The first kappa shape index (κ1) is 21.6. The minimum absolute atomic E-state index is 0.00688. The SMILES string of the molecule is CC(c1c(Cl)ccc(F)c1Cl)c1c[nH]c2ncc(-c3ccc(NS(C)(=O)=O)cc3)cc12. The number of rotatable bonds is 5. The van der Waals surface area contributed by atoms with Crippen molar-refractivity contribution in [1.82, 2.24) is 9.97 Å². The van der Waals surface area contributed by atoms with Crippen molar-refractivity contribution in [3.05, 3.63) is 81.8 Å². The molecule has 2 N–H and O–H groups in total. The van der Waals surface area contributed by atoms with E-state index in [0.717, 1.165) is 28.3 Å². The van der Waals surface area contributed by atoms with Gasteiger partial charge in [-0.2, -0.15) is 0 Å². The number of benzene rings is 2. The minimum Gasteiger partial charge on any atom is -0.346 e. The summed E-state index contributed by atoms with van der Waals surface area (Å²) in [4.78, 5) is 7.63. The Labute approximate surface area is 189 Å². The van der Waals surface area contributed by atoms with Gasteiger partial charge < -0.3 is 4.98 Å². The number of halogens is 3. The van der Waals surface area contributed by atoms with Crippen LogP contribution in [0, 0.1) is 5.82 Å². The van der Waals surface area contributed by atoms with E-state index in [4.69, 9.17) is 23.2 Å². The third-order valence-electron chi connectivity index (χ3n) is 5.06. The predicted octanol–water partition coefficient (Wildman–Crippen LogP) is 6.20. The number of nitrogens with one attached hydrogen (secondary N) is 2. The van der Waals surface area contributed by atoms with Crippen LogP contribution in [0.1, 0.15) is 24.0 Å². The van der Waals surface area contributed by atoms with Crippen LogP contribution in [0.2, 0.25) is 10.0 Å². The summed E-state index contributed by atoms with van der Waals surface area (Å²) in [5.41, 5.74) is 4.29. The number of aromatic nitrogens is 2. The molecule has 0 aliphatic heterocycles. The minimum atomic E-state index is -3.34. The van der Waals surface area contributed by atoms with Crippen LogP contribution in [0.25, 0.3) is 22.2 Å². The van der Waals surface area contributed by atoms with Crippen molar-refractivity contribution < 1.29 is 12.8 Å².